The highest BCUT2D eigenvalue weighted by Crippen LogP contribution is 2.48. The van der Waals surface area contributed by atoms with Crippen molar-refractivity contribution in [3.8, 4) is 5.75 Å². The van der Waals surface area contributed by atoms with Crippen LogP contribution < -0.4 is 0 Å². The second-order valence-electron chi connectivity index (χ2n) is 8.46. The first-order valence-corrected chi connectivity index (χ1v) is 11.4. The maximum Gasteiger partial charge on any atom is 0.218 e. The molecule has 2 aliphatic rings. The maximum absolute atomic E-state index is 13.3. The summed E-state index contributed by atoms with van der Waals surface area (Å²) in [6.45, 7) is 3.07. The van der Waals surface area contributed by atoms with Gasteiger partial charge in [-0.05, 0) is 55.3 Å². The van der Waals surface area contributed by atoms with E-state index in [1.807, 2.05) is 42.5 Å². The Kier molecular flexibility index (Phi) is 4.76. The van der Waals surface area contributed by atoms with Crippen molar-refractivity contribution < 1.29 is 13.5 Å². The van der Waals surface area contributed by atoms with E-state index in [0.29, 0.717) is 0 Å². The first-order valence-electron chi connectivity index (χ1n) is 9.74. The number of benzene rings is 2. The number of nitrogens with zero attached hydrogens (tertiary/aromatic N) is 2. The number of phenols is 1. The molecule has 3 atom stereocenters. The summed E-state index contributed by atoms with van der Waals surface area (Å²) < 4.78 is 28.2. The summed E-state index contributed by atoms with van der Waals surface area (Å²) in [6.07, 6.45) is 1.64. The van der Waals surface area contributed by atoms with Gasteiger partial charge in [-0.3, -0.25) is 0 Å². The van der Waals surface area contributed by atoms with Gasteiger partial charge in [0, 0.05) is 24.5 Å². The minimum atomic E-state index is -3.49. The largest absolute Gasteiger partial charge is 0.508 e. The highest BCUT2D eigenvalue weighted by molar-refractivity contribution is 7.88. The molecule has 0 amide bonds. The monoisotopic (exact) mass is 400 g/mol. The summed E-state index contributed by atoms with van der Waals surface area (Å²) in [5.41, 5.74) is 2.76. The molecule has 6 heteroatoms. The third-order valence-electron chi connectivity index (χ3n) is 6.73. The first kappa shape index (κ1) is 19.4. The van der Waals surface area contributed by atoms with Crippen molar-refractivity contribution in [2.45, 2.75) is 43.0 Å². The van der Waals surface area contributed by atoms with E-state index in [4.69, 9.17) is 0 Å². The van der Waals surface area contributed by atoms with Gasteiger partial charge in [-0.1, -0.05) is 43.3 Å². The lowest BCUT2D eigenvalue weighted by molar-refractivity contribution is 0.0353. The zero-order chi connectivity index (χ0) is 20.1. The molecule has 2 aromatic rings. The molecule has 0 radical (unpaired) electrons. The van der Waals surface area contributed by atoms with Crippen LogP contribution in [-0.4, -0.2) is 55.5 Å². The Labute approximate surface area is 167 Å². The van der Waals surface area contributed by atoms with Crippen molar-refractivity contribution in [1.29, 1.82) is 0 Å². The summed E-state index contributed by atoms with van der Waals surface area (Å²) in [5.74, 6) is 0.242. The average Bonchev–Trinajstić information content (AvgIpc) is 2.66. The Bertz CT molecular complexity index is 977. The molecule has 0 aromatic heterocycles. The molecule has 0 saturated carbocycles. The molecule has 1 saturated heterocycles. The topological polar surface area (TPSA) is 60.9 Å². The van der Waals surface area contributed by atoms with Crippen molar-refractivity contribution in [2.24, 2.45) is 0 Å². The predicted octanol–water partition coefficient (Wildman–Crippen LogP) is 2.74. The van der Waals surface area contributed by atoms with E-state index in [1.54, 1.807) is 17.4 Å². The summed E-state index contributed by atoms with van der Waals surface area (Å²) in [5, 5.41) is 10.1. The quantitative estimate of drug-likeness (QED) is 0.857. The van der Waals surface area contributed by atoms with E-state index in [1.165, 1.54) is 5.56 Å². The molecular formula is C22H28N2O3S. The predicted molar refractivity (Wildman–Crippen MR) is 111 cm³/mol. The van der Waals surface area contributed by atoms with E-state index < -0.39 is 10.0 Å². The SMILES string of the molecule is CN1CC[C@@]2(C)c3cc(O)ccc3C[C@@H]1[C@@H]2N(C)S(=O)(=O)Cc1ccccc1. The molecule has 150 valence electrons. The van der Waals surface area contributed by atoms with Gasteiger partial charge in [0.05, 0.1) is 5.75 Å². The molecule has 5 nitrogen and oxygen atoms in total. The summed E-state index contributed by atoms with van der Waals surface area (Å²) in [6, 6.07) is 14.8. The van der Waals surface area contributed by atoms with Crippen LogP contribution in [0.25, 0.3) is 0 Å². The van der Waals surface area contributed by atoms with Gasteiger partial charge < -0.3 is 10.0 Å². The van der Waals surface area contributed by atoms with E-state index >= 15 is 0 Å². The number of rotatable bonds is 4. The molecule has 0 unspecified atom stereocenters. The zero-order valence-electron chi connectivity index (χ0n) is 16.7. The van der Waals surface area contributed by atoms with E-state index in [9.17, 15) is 13.5 Å². The van der Waals surface area contributed by atoms with Crippen LogP contribution in [-0.2, 0) is 27.6 Å². The lowest BCUT2D eigenvalue weighted by atomic mass is 9.61. The number of hydrogen-bond donors (Lipinski definition) is 1. The number of aromatic hydroxyl groups is 1. The van der Waals surface area contributed by atoms with Crippen molar-refractivity contribution in [3.63, 3.8) is 0 Å². The Balaban J connectivity index is 1.75. The van der Waals surface area contributed by atoms with Gasteiger partial charge >= 0.3 is 0 Å². The van der Waals surface area contributed by atoms with E-state index in [2.05, 4.69) is 18.9 Å². The molecule has 1 N–H and O–H groups in total. The van der Waals surface area contributed by atoms with Crippen LogP contribution in [0.3, 0.4) is 0 Å². The smallest absolute Gasteiger partial charge is 0.218 e. The second kappa shape index (κ2) is 6.87. The molecule has 1 aliphatic heterocycles. The second-order valence-corrected chi connectivity index (χ2v) is 10.5. The minimum absolute atomic E-state index is 0.000249. The lowest BCUT2D eigenvalue weighted by Crippen LogP contribution is -2.67. The number of piperidine rings is 1. The van der Waals surface area contributed by atoms with E-state index in [-0.39, 0.29) is 29.0 Å². The lowest BCUT2D eigenvalue weighted by Gasteiger charge is -2.56. The molecular weight excluding hydrogens is 372 g/mol. The standard InChI is InChI=1S/C22H28N2O3S/c1-22-11-12-23(2)20(13-17-9-10-18(25)14-19(17)22)21(22)24(3)28(26,27)15-16-7-5-4-6-8-16/h4-10,14,20-21,25H,11-13,15H2,1-3H3/t20-,21+,22+/m1/s1. The van der Waals surface area contributed by atoms with Crippen molar-refractivity contribution in [2.75, 3.05) is 20.6 Å². The van der Waals surface area contributed by atoms with Gasteiger partial charge in [-0.2, -0.15) is 4.31 Å². The summed E-state index contributed by atoms with van der Waals surface area (Å²) in [7, 11) is 0.322. The maximum atomic E-state index is 13.3. The molecule has 0 spiro atoms. The molecule has 1 aliphatic carbocycles. The molecule has 1 fully saturated rings. The molecule has 1 heterocycles. The Morgan fingerprint density at radius 3 is 2.64 bits per heavy atom. The fourth-order valence-electron chi connectivity index (χ4n) is 5.15. The van der Waals surface area contributed by atoms with Crippen LogP contribution in [0.1, 0.15) is 30.0 Å². The molecule has 28 heavy (non-hydrogen) atoms. The summed E-state index contributed by atoms with van der Waals surface area (Å²) >= 11 is 0. The van der Waals surface area contributed by atoms with Crippen LogP contribution >= 0.6 is 0 Å². The fourth-order valence-corrected chi connectivity index (χ4v) is 6.69. The minimum Gasteiger partial charge on any atom is -0.508 e. The first-order chi connectivity index (χ1) is 13.2. The van der Waals surface area contributed by atoms with Crippen LogP contribution in [0.2, 0.25) is 0 Å². The van der Waals surface area contributed by atoms with Crippen LogP contribution in [0.5, 0.6) is 5.75 Å². The van der Waals surface area contributed by atoms with E-state index in [0.717, 1.165) is 30.5 Å². The summed E-state index contributed by atoms with van der Waals surface area (Å²) in [4.78, 5) is 2.29. The molecule has 2 aromatic carbocycles. The van der Waals surface area contributed by atoms with Gasteiger partial charge in [0.25, 0.3) is 0 Å². The number of fused-ring (bicyclic) bond motifs is 4. The number of likely N-dealkylation sites (N-methyl/N-ethyl adjacent to an activating group) is 2. The number of sulfonamides is 1. The normalized spacial score (nSPS) is 27.6. The third kappa shape index (κ3) is 3.13. The van der Waals surface area contributed by atoms with Gasteiger partial charge in [0.2, 0.25) is 10.0 Å². The number of phenolic OH excluding ortho intramolecular Hbond substituents is 1. The van der Waals surface area contributed by atoms with Crippen LogP contribution in [0.4, 0.5) is 0 Å². The Hall–Kier alpha value is -1.89. The Morgan fingerprint density at radius 1 is 1.21 bits per heavy atom. The highest BCUT2D eigenvalue weighted by atomic mass is 32.2. The average molecular weight is 401 g/mol. The fraction of sp³-hybridized carbons (Fsp3) is 0.455. The van der Waals surface area contributed by atoms with Gasteiger partial charge in [-0.25, -0.2) is 8.42 Å². The third-order valence-corrected chi connectivity index (χ3v) is 8.53. The van der Waals surface area contributed by atoms with Gasteiger partial charge in [-0.15, -0.1) is 0 Å². The number of hydrogen-bond acceptors (Lipinski definition) is 4. The molecule has 4 rings (SSSR count). The van der Waals surface area contributed by atoms with Gasteiger partial charge in [0.1, 0.15) is 5.75 Å². The molecule has 2 bridgehead atoms. The van der Waals surface area contributed by atoms with Crippen molar-refractivity contribution in [3.05, 3.63) is 65.2 Å². The zero-order valence-corrected chi connectivity index (χ0v) is 17.5. The highest BCUT2D eigenvalue weighted by Gasteiger charge is 2.53. The van der Waals surface area contributed by atoms with Crippen molar-refractivity contribution >= 4 is 10.0 Å². The number of likely N-dealkylation sites (tertiary alicyclic amines) is 1. The van der Waals surface area contributed by atoms with Crippen molar-refractivity contribution in [1.82, 2.24) is 9.21 Å². The Morgan fingerprint density at radius 2 is 1.93 bits per heavy atom. The van der Waals surface area contributed by atoms with Gasteiger partial charge in [0.15, 0.2) is 0 Å². The van der Waals surface area contributed by atoms with Crippen LogP contribution in [0, 0.1) is 0 Å². The van der Waals surface area contributed by atoms with Crippen LogP contribution in [0.15, 0.2) is 48.5 Å².